The van der Waals surface area contributed by atoms with Crippen LogP contribution >= 0.6 is 0 Å². The fourth-order valence-corrected chi connectivity index (χ4v) is 1.46. The maximum atomic E-state index is 13.4. The lowest BCUT2D eigenvalue weighted by Gasteiger charge is -1.97. The summed E-state index contributed by atoms with van der Waals surface area (Å²) < 4.78 is 23.1. The van der Waals surface area contributed by atoms with E-state index in [1.165, 1.54) is 6.07 Å². The Labute approximate surface area is 107 Å². The third-order valence-electron chi connectivity index (χ3n) is 2.27. The van der Waals surface area contributed by atoms with Gasteiger partial charge in [0.1, 0.15) is 19.0 Å². The molecular weight excluding hydrogens is 255 g/mol. The number of hydrogen-bond donors (Lipinski definition) is 1. The predicted octanol–water partition coefficient (Wildman–Crippen LogP) is 1.40. The molecule has 19 heavy (non-hydrogen) atoms. The molecule has 1 aromatic heterocycles. The molecule has 100 valence electrons. The van der Waals surface area contributed by atoms with E-state index in [0.717, 1.165) is 0 Å². The first-order valence-electron chi connectivity index (χ1n) is 5.49. The van der Waals surface area contributed by atoms with Crippen molar-refractivity contribution in [2.24, 2.45) is 0 Å². The van der Waals surface area contributed by atoms with E-state index in [9.17, 15) is 9.18 Å². The normalized spacial score (nSPS) is 10.6. The Balaban J connectivity index is 1.94. The Hall–Kier alpha value is -2.28. The first-order valence-corrected chi connectivity index (χ1v) is 5.49. The number of carbonyl (C=O) groups is 1. The largest absolute Gasteiger partial charge is 0.480 e. The van der Waals surface area contributed by atoms with Crippen LogP contribution in [-0.4, -0.2) is 27.8 Å². The second-order valence-corrected chi connectivity index (χ2v) is 3.76. The van der Waals surface area contributed by atoms with Crippen LogP contribution in [0.2, 0.25) is 0 Å². The van der Waals surface area contributed by atoms with Crippen LogP contribution < -0.4 is 0 Å². The van der Waals surface area contributed by atoms with E-state index >= 15 is 0 Å². The quantitative estimate of drug-likeness (QED) is 0.850. The summed E-state index contributed by atoms with van der Waals surface area (Å²) in [5, 5.41) is 12.1. The van der Waals surface area contributed by atoms with E-state index in [4.69, 9.17) is 14.4 Å². The molecular formula is C12H11FN2O4. The van der Waals surface area contributed by atoms with Gasteiger partial charge in [-0.2, -0.15) is 4.98 Å². The van der Waals surface area contributed by atoms with Gasteiger partial charge in [-0.3, -0.25) is 0 Å². The van der Waals surface area contributed by atoms with Crippen molar-refractivity contribution in [2.45, 2.75) is 13.0 Å². The topological polar surface area (TPSA) is 85.5 Å². The molecule has 1 N–H and O–H groups in total. The van der Waals surface area contributed by atoms with Gasteiger partial charge in [0.2, 0.25) is 0 Å². The number of carboxylic acids is 1. The number of hydrogen-bond acceptors (Lipinski definition) is 5. The highest BCUT2D eigenvalue weighted by Crippen LogP contribution is 2.11. The monoisotopic (exact) mass is 266 g/mol. The Morgan fingerprint density at radius 3 is 2.95 bits per heavy atom. The summed E-state index contributed by atoms with van der Waals surface area (Å²) in [7, 11) is 0. The van der Waals surface area contributed by atoms with Gasteiger partial charge in [0.15, 0.2) is 5.82 Å². The van der Waals surface area contributed by atoms with Crippen molar-refractivity contribution >= 4 is 5.97 Å². The molecule has 0 atom stereocenters. The average molecular weight is 266 g/mol. The van der Waals surface area contributed by atoms with Gasteiger partial charge in [0, 0.05) is 6.42 Å². The van der Waals surface area contributed by atoms with Crippen molar-refractivity contribution in [3.8, 4) is 0 Å². The smallest absolute Gasteiger partial charge is 0.329 e. The lowest BCUT2D eigenvalue weighted by atomic mass is 10.1. The van der Waals surface area contributed by atoms with Crippen LogP contribution in [-0.2, 0) is 22.6 Å². The van der Waals surface area contributed by atoms with E-state index < -0.39 is 12.6 Å². The number of halogens is 1. The predicted molar refractivity (Wildman–Crippen MR) is 60.8 cm³/mol. The number of rotatable bonds is 6. The molecule has 6 nitrogen and oxygen atoms in total. The molecule has 7 heteroatoms. The Morgan fingerprint density at radius 1 is 1.42 bits per heavy atom. The summed E-state index contributed by atoms with van der Waals surface area (Å²) in [4.78, 5) is 14.2. The van der Waals surface area contributed by atoms with Gasteiger partial charge < -0.3 is 14.4 Å². The van der Waals surface area contributed by atoms with Crippen molar-refractivity contribution in [3.63, 3.8) is 0 Å². The Bertz CT molecular complexity index is 570. The molecule has 2 rings (SSSR count). The van der Waals surface area contributed by atoms with Gasteiger partial charge in [-0.25, -0.2) is 9.18 Å². The summed E-state index contributed by atoms with van der Waals surface area (Å²) in [5.41, 5.74) is 0.460. The first kappa shape index (κ1) is 13.2. The molecule has 0 amide bonds. The third kappa shape index (κ3) is 3.85. The van der Waals surface area contributed by atoms with Crippen LogP contribution in [0.15, 0.2) is 28.8 Å². The number of benzene rings is 1. The summed E-state index contributed by atoms with van der Waals surface area (Å²) >= 11 is 0. The highest BCUT2D eigenvalue weighted by molar-refractivity contribution is 5.67. The van der Waals surface area contributed by atoms with Crippen LogP contribution in [0, 0.1) is 5.82 Å². The lowest BCUT2D eigenvalue weighted by molar-refractivity contribution is -0.142. The molecule has 0 saturated carbocycles. The van der Waals surface area contributed by atoms with Crippen molar-refractivity contribution in [3.05, 3.63) is 47.4 Å². The maximum absolute atomic E-state index is 13.4. The van der Waals surface area contributed by atoms with Crippen LogP contribution in [0.5, 0.6) is 0 Å². The SMILES string of the molecule is O=C(O)COCc1nc(Cc2ccccc2F)no1. The summed E-state index contributed by atoms with van der Waals surface area (Å²) in [5.74, 6) is -0.936. The molecule has 0 fully saturated rings. The van der Waals surface area contributed by atoms with E-state index in [1.54, 1.807) is 18.2 Å². The summed E-state index contributed by atoms with van der Waals surface area (Å²) in [6.07, 6.45) is 0.203. The van der Waals surface area contributed by atoms with Crippen LogP contribution in [0.1, 0.15) is 17.3 Å². The number of aromatic nitrogens is 2. The maximum Gasteiger partial charge on any atom is 0.329 e. The summed E-state index contributed by atoms with van der Waals surface area (Å²) in [6.45, 7) is -0.526. The van der Waals surface area contributed by atoms with Crippen molar-refractivity contribution in [2.75, 3.05) is 6.61 Å². The standard InChI is InChI=1S/C12H11FN2O4/c13-9-4-2-1-3-8(9)5-10-14-11(19-15-10)6-18-7-12(16)17/h1-4H,5-7H2,(H,16,17). The molecule has 0 unspecified atom stereocenters. The van der Waals surface area contributed by atoms with Gasteiger partial charge >= 0.3 is 5.97 Å². The molecule has 0 aliphatic rings. The lowest BCUT2D eigenvalue weighted by Crippen LogP contribution is -2.06. The molecule has 0 spiro atoms. The zero-order valence-corrected chi connectivity index (χ0v) is 9.88. The highest BCUT2D eigenvalue weighted by atomic mass is 19.1. The number of aliphatic carboxylic acids is 1. The zero-order valence-electron chi connectivity index (χ0n) is 9.88. The molecule has 0 radical (unpaired) electrons. The van der Waals surface area contributed by atoms with Crippen LogP contribution in [0.3, 0.4) is 0 Å². The molecule has 0 bridgehead atoms. The minimum atomic E-state index is -1.08. The first-order chi connectivity index (χ1) is 9.15. The zero-order chi connectivity index (χ0) is 13.7. The van der Waals surface area contributed by atoms with Gasteiger partial charge in [-0.15, -0.1) is 0 Å². The van der Waals surface area contributed by atoms with Gasteiger partial charge in [-0.1, -0.05) is 23.4 Å². The number of ether oxygens (including phenoxy) is 1. The van der Waals surface area contributed by atoms with Crippen LogP contribution in [0.4, 0.5) is 4.39 Å². The Kier molecular flexibility index (Phi) is 4.19. The van der Waals surface area contributed by atoms with Crippen molar-refractivity contribution < 1.29 is 23.6 Å². The second kappa shape index (κ2) is 6.05. The fraction of sp³-hybridized carbons (Fsp3) is 0.250. The molecule has 0 aliphatic heterocycles. The second-order valence-electron chi connectivity index (χ2n) is 3.76. The Morgan fingerprint density at radius 2 is 2.21 bits per heavy atom. The van der Waals surface area contributed by atoms with Gasteiger partial charge in [-0.05, 0) is 11.6 Å². The molecule has 2 aromatic rings. The highest BCUT2D eigenvalue weighted by Gasteiger charge is 2.10. The third-order valence-corrected chi connectivity index (χ3v) is 2.27. The van der Waals surface area contributed by atoms with Gasteiger partial charge in [0.05, 0.1) is 0 Å². The van der Waals surface area contributed by atoms with Crippen molar-refractivity contribution in [1.29, 1.82) is 0 Å². The summed E-state index contributed by atoms with van der Waals surface area (Å²) in [6, 6.07) is 6.30. The van der Waals surface area contributed by atoms with Gasteiger partial charge in [0.25, 0.3) is 5.89 Å². The minimum Gasteiger partial charge on any atom is -0.480 e. The fourth-order valence-electron chi connectivity index (χ4n) is 1.46. The minimum absolute atomic E-state index is 0.0867. The average Bonchev–Trinajstić information content (AvgIpc) is 2.79. The van der Waals surface area contributed by atoms with Crippen molar-refractivity contribution in [1.82, 2.24) is 10.1 Å². The molecule has 0 aliphatic carbocycles. The molecule has 0 saturated heterocycles. The van der Waals surface area contributed by atoms with E-state index in [-0.39, 0.29) is 24.7 Å². The van der Waals surface area contributed by atoms with Crippen LogP contribution in [0.25, 0.3) is 0 Å². The molecule has 1 aromatic carbocycles. The van der Waals surface area contributed by atoms with E-state index in [0.29, 0.717) is 11.4 Å². The van der Waals surface area contributed by atoms with E-state index in [1.807, 2.05) is 0 Å². The number of nitrogens with zero attached hydrogens (tertiary/aromatic N) is 2. The van der Waals surface area contributed by atoms with E-state index in [2.05, 4.69) is 10.1 Å². The number of carboxylic acid groups (broad SMARTS) is 1. The molecule has 1 heterocycles.